The van der Waals surface area contributed by atoms with E-state index in [9.17, 15) is 4.79 Å². The number of hydrogen-bond acceptors (Lipinski definition) is 7. The molecule has 2 fully saturated rings. The van der Waals surface area contributed by atoms with Crippen LogP contribution in [0.4, 0.5) is 0 Å². The summed E-state index contributed by atoms with van der Waals surface area (Å²) in [5.74, 6) is 1.34. The van der Waals surface area contributed by atoms with E-state index in [0.717, 1.165) is 23.0 Å². The lowest BCUT2D eigenvalue weighted by Crippen LogP contribution is -2.35. The fourth-order valence-electron chi connectivity index (χ4n) is 3.73. The van der Waals surface area contributed by atoms with Gasteiger partial charge in [-0.05, 0) is 25.0 Å². The molecular weight excluding hydrogens is 352 g/mol. The second kappa shape index (κ2) is 6.98. The van der Waals surface area contributed by atoms with Gasteiger partial charge in [-0.15, -0.1) is 11.3 Å². The molecule has 7 heteroatoms. The number of hydroxylamine groups is 2. The second-order valence-corrected chi connectivity index (χ2v) is 8.12. The monoisotopic (exact) mass is 374 g/mol. The van der Waals surface area contributed by atoms with Crippen molar-refractivity contribution in [3.05, 3.63) is 34.8 Å². The Morgan fingerprint density at radius 1 is 1.42 bits per heavy atom. The molecule has 6 nitrogen and oxygen atoms in total. The summed E-state index contributed by atoms with van der Waals surface area (Å²) in [6.45, 7) is 6.65. The molecule has 0 radical (unpaired) electrons. The summed E-state index contributed by atoms with van der Waals surface area (Å²) in [7, 11) is 1.38. The third kappa shape index (κ3) is 3.11. The first-order chi connectivity index (χ1) is 12.6. The maximum Gasteiger partial charge on any atom is 0.338 e. The molecule has 1 aromatic heterocycles. The highest BCUT2D eigenvalue weighted by Gasteiger charge is 2.44. The number of carbonyl (C=O) groups excluding carboxylic acids is 1. The number of rotatable bonds is 5. The van der Waals surface area contributed by atoms with Gasteiger partial charge in [-0.25, -0.2) is 9.78 Å². The Morgan fingerprint density at radius 2 is 2.27 bits per heavy atom. The number of esters is 1. The minimum atomic E-state index is -0.394. The molecule has 2 aromatic rings. The van der Waals surface area contributed by atoms with Gasteiger partial charge in [0, 0.05) is 30.1 Å². The molecule has 4 rings (SSSR count). The Balaban J connectivity index is 1.62. The van der Waals surface area contributed by atoms with Crippen LogP contribution >= 0.6 is 11.3 Å². The van der Waals surface area contributed by atoms with Crippen molar-refractivity contribution in [3.8, 4) is 16.3 Å². The fraction of sp³-hybridized carbons (Fsp3) is 0.474. The SMILES string of the molecule is COC(=O)c1cccc(OCC2ON3CC(C)C2C3)c1-c1ncc(C)s1. The second-order valence-electron chi connectivity index (χ2n) is 6.89. The normalized spacial score (nSPS) is 26.9. The maximum absolute atomic E-state index is 12.2. The van der Waals surface area contributed by atoms with E-state index in [1.807, 2.05) is 18.1 Å². The van der Waals surface area contributed by atoms with Gasteiger partial charge in [-0.1, -0.05) is 13.0 Å². The minimum absolute atomic E-state index is 0.0476. The highest BCUT2D eigenvalue weighted by molar-refractivity contribution is 7.15. The number of benzene rings is 1. The molecular formula is C19H22N2O4S. The molecule has 2 aliphatic heterocycles. The van der Waals surface area contributed by atoms with Gasteiger partial charge in [0.1, 0.15) is 23.5 Å². The van der Waals surface area contributed by atoms with Crippen LogP contribution in [0.2, 0.25) is 0 Å². The van der Waals surface area contributed by atoms with Gasteiger partial charge in [-0.3, -0.25) is 4.84 Å². The van der Waals surface area contributed by atoms with Crippen molar-refractivity contribution < 1.29 is 19.1 Å². The molecule has 0 N–H and O–H groups in total. The predicted molar refractivity (Wildman–Crippen MR) is 98.2 cm³/mol. The van der Waals surface area contributed by atoms with E-state index >= 15 is 0 Å². The zero-order valence-corrected chi connectivity index (χ0v) is 15.9. The molecule has 138 valence electrons. The van der Waals surface area contributed by atoms with Gasteiger partial charge in [0.15, 0.2) is 0 Å². The minimum Gasteiger partial charge on any atom is -0.490 e. The summed E-state index contributed by atoms with van der Waals surface area (Å²) in [5, 5.41) is 2.78. The van der Waals surface area contributed by atoms with Crippen LogP contribution in [0, 0.1) is 18.8 Å². The van der Waals surface area contributed by atoms with Crippen molar-refractivity contribution in [1.82, 2.24) is 10.0 Å². The van der Waals surface area contributed by atoms with E-state index in [0.29, 0.717) is 35.3 Å². The molecule has 26 heavy (non-hydrogen) atoms. The van der Waals surface area contributed by atoms with Crippen LogP contribution in [0.15, 0.2) is 24.4 Å². The standard InChI is InChI=1S/C19H22N2O4S/c1-11-8-21-9-14(11)16(25-21)10-24-15-6-4-5-13(19(22)23-3)17(15)18-20-7-12(2)26-18/h4-7,11,14,16H,8-10H2,1-3H3. The molecule has 3 heterocycles. The van der Waals surface area contributed by atoms with Crippen LogP contribution in [0.25, 0.3) is 10.6 Å². The van der Waals surface area contributed by atoms with Crippen LogP contribution in [-0.4, -0.2) is 48.9 Å². The van der Waals surface area contributed by atoms with Gasteiger partial charge in [0.2, 0.25) is 0 Å². The molecule has 0 spiro atoms. The Morgan fingerprint density at radius 3 is 2.92 bits per heavy atom. The quantitative estimate of drug-likeness (QED) is 0.749. The molecule has 0 saturated carbocycles. The lowest BCUT2D eigenvalue weighted by atomic mass is 9.93. The molecule has 4 atom stereocenters. The Bertz CT molecular complexity index is 822. The average Bonchev–Trinajstić information content (AvgIpc) is 3.34. The third-order valence-corrected chi connectivity index (χ3v) is 6.00. The lowest BCUT2D eigenvalue weighted by molar-refractivity contribution is -0.177. The topological polar surface area (TPSA) is 60.9 Å². The first-order valence-electron chi connectivity index (χ1n) is 8.75. The van der Waals surface area contributed by atoms with Crippen LogP contribution in [0.1, 0.15) is 22.2 Å². The van der Waals surface area contributed by atoms with Gasteiger partial charge < -0.3 is 9.47 Å². The number of carbonyl (C=O) groups is 1. The third-order valence-electron chi connectivity index (χ3n) is 5.07. The van der Waals surface area contributed by atoms with Crippen molar-refractivity contribution in [2.24, 2.45) is 11.8 Å². The van der Waals surface area contributed by atoms with E-state index in [-0.39, 0.29) is 6.10 Å². The van der Waals surface area contributed by atoms with Crippen molar-refractivity contribution in [3.63, 3.8) is 0 Å². The van der Waals surface area contributed by atoms with E-state index in [1.165, 1.54) is 18.4 Å². The number of fused-ring (bicyclic) bond motifs is 2. The molecule has 0 amide bonds. The van der Waals surface area contributed by atoms with Gasteiger partial charge in [0.05, 0.1) is 18.2 Å². The summed E-state index contributed by atoms with van der Waals surface area (Å²) < 4.78 is 11.1. The molecule has 2 saturated heterocycles. The van der Waals surface area contributed by atoms with Crippen molar-refractivity contribution in [2.45, 2.75) is 20.0 Å². The van der Waals surface area contributed by atoms with Crippen molar-refractivity contribution in [1.29, 1.82) is 0 Å². The highest BCUT2D eigenvalue weighted by atomic mass is 32.1. The number of methoxy groups -OCH3 is 1. The zero-order chi connectivity index (χ0) is 18.3. The summed E-state index contributed by atoms with van der Waals surface area (Å²) in [6.07, 6.45) is 1.85. The summed E-state index contributed by atoms with van der Waals surface area (Å²) in [6, 6.07) is 5.42. The van der Waals surface area contributed by atoms with E-state index in [1.54, 1.807) is 18.3 Å². The van der Waals surface area contributed by atoms with E-state index < -0.39 is 5.97 Å². The van der Waals surface area contributed by atoms with E-state index in [4.69, 9.17) is 14.3 Å². The van der Waals surface area contributed by atoms with Gasteiger partial charge in [-0.2, -0.15) is 5.06 Å². The number of thiazole rings is 1. The summed E-state index contributed by atoms with van der Waals surface area (Å²) in [5.41, 5.74) is 1.15. The Labute approximate surface area is 156 Å². The predicted octanol–water partition coefficient (Wildman–Crippen LogP) is 3.17. The Hall–Kier alpha value is -1.96. The average molecular weight is 374 g/mol. The molecule has 2 aliphatic rings. The first-order valence-corrected chi connectivity index (χ1v) is 9.57. The molecule has 2 bridgehead atoms. The largest absolute Gasteiger partial charge is 0.490 e. The van der Waals surface area contributed by atoms with Crippen molar-refractivity contribution in [2.75, 3.05) is 26.8 Å². The molecule has 1 aromatic carbocycles. The van der Waals surface area contributed by atoms with E-state index in [2.05, 4.69) is 11.9 Å². The Kier molecular flexibility index (Phi) is 4.69. The van der Waals surface area contributed by atoms with Gasteiger partial charge in [0.25, 0.3) is 0 Å². The van der Waals surface area contributed by atoms with Crippen molar-refractivity contribution >= 4 is 17.3 Å². The van der Waals surface area contributed by atoms with Crippen LogP contribution < -0.4 is 4.74 Å². The van der Waals surface area contributed by atoms with Crippen LogP contribution in [0.5, 0.6) is 5.75 Å². The number of ether oxygens (including phenoxy) is 2. The number of aromatic nitrogens is 1. The fourth-order valence-corrected chi connectivity index (χ4v) is 4.56. The summed E-state index contributed by atoms with van der Waals surface area (Å²) >= 11 is 1.53. The summed E-state index contributed by atoms with van der Waals surface area (Å²) in [4.78, 5) is 23.7. The van der Waals surface area contributed by atoms with Crippen LogP contribution in [0.3, 0.4) is 0 Å². The first kappa shape index (κ1) is 17.5. The van der Waals surface area contributed by atoms with Gasteiger partial charge >= 0.3 is 5.97 Å². The number of nitrogens with zero attached hydrogens (tertiary/aromatic N) is 2. The number of aryl methyl sites for hydroxylation is 1. The lowest BCUT2D eigenvalue weighted by Gasteiger charge is -2.27. The molecule has 0 aliphatic carbocycles. The number of hydrogen-bond donors (Lipinski definition) is 0. The zero-order valence-electron chi connectivity index (χ0n) is 15.1. The van der Waals surface area contributed by atoms with Crippen LogP contribution in [-0.2, 0) is 9.57 Å². The highest BCUT2D eigenvalue weighted by Crippen LogP contribution is 2.39. The maximum atomic E-state index is 12.2. The molecule has 4 unspecified atom stereocenters. The smallest absolute Gasteiger partial charge is 0.338 e.